The Morgan fingerprint density at radius 1 is 1.03 bits per heavy atom. The number of anilines is 2. The first-order chi connectivity index (χ1) is 14.1. The summed E-state index contributed by atoms with van der Waals surface area (Å²) < 4.78 is 13.3. The largest absolute Gasteiger partial charge is 0.341 e. The Bertz CT molecular complexity index is 989. The van der Waals surface area contributed by atoms with Gasteiger partial charge < -0.3 is 10.2 Å². The predicted molar refractivity (Wildman–Crippen MR) is 112 cm³/mol. The van der Waals surface area contributed by atoms with Crippen LogP contribution >= 0.6 is 11.6 Å². The van der Waals surface area contributed by atoms with Crippen LogP contribution in [0.25, 0.3) is 11.1 Å². The molecule has 4 rings (SSSR count). The Hall–Kier alpha value is -2.99. The fourth-order valence-electron chi connectivity index (χ4n) is 3.42. The molecule has 7 heteroatoms. The molecular weight excluding hydrogens is 391 g/mol. The molecule has 148 valence electrons. The summed E-state index contributed by atoms with van der Waals surface area (Å²) in [6.07, 6.45) is 5.05. The first kappa shape index (κ1) is 19.3. The molecule has 0 saturated carbocycles. The molecule has 2 aromatic carbocycles. The van der Waals surface area contributed by atoms with Crippen molar-refractivity contribution in [2.24, 2.45) is 5.92 Å². The highest BCUT2D eigenvalue weighted by Gasteiger charge is 2.26. The molecule has 0 bridgehead atoms. The summed E-state index contributed by atoms with van der Waals surface area (Å²) in [5.41, 5.74) is 2.56. The SMILES string of the molecule is O=C(Nc1ccc(F)c(Cl)c1)C1CCN(c2ncc(-c3ccccc3)cn2)CC1. The summed E-state index contributed by atoms with van der Waals surface area (Å²) in [4.78, 5) is 23.6. The van der Waals surface area contributed by atoms with E-state index in [-0.39, 0.29) is 16.8 Å². The standard InChI is InChI=1S/C22H20ClFN4O/c23-19-12-18(6-7-20(19)24)27-21(29)16-8-10-28(11-9-16)22-25-13-17(14-26-22)15-4-2-1-3-5-15/h1-7,12-14,16H,8-11H2,(H,27,29). The van der Waals surface area contributed by atoms with Gasteiger partial charge in [0.2, 0.25) is 11.9 Å². The van der Waals surface area contributed by atoms with E-state index in [9.17, 15) is 9.18 Å². The lowest BCUT2D eigenvalue weighted by Gasteiger charge is -2.31. The minimum Gasteiger partial charge on any atom is -0.341 e. The second-order valence-electron chi connectivity index (χ2n) is 7.02. The summed E-state index contributed by atoms with van der Waals surface area (Å²) in [5.74, 6) is -0.0172. The lowest BCUT2D eigenvalue weighted by atomic mass is 9.96. The summed E-state index contributed by atoms with van der Waals surface area (Å²) >= 11 is 5.77. The van der Waals surface area contributed by atoms with Gasteiger partial charge in [-0.05, 0) is 36.6 Å². The Labute approximate surface area is 173 Å². The van der Waals surface area contributed by atoms with Crippen LogP contribution in [0.5, 0.6) is 0 Å². The van der Waals surface area contributed by atoms with E-state index in [0.717, 1.165) is 11.1 Å². The highest BCUT2D eigenvalue weighted by Crippen LogP contribution is 2.25. The van der Waals surface area contributed by atoms with E-state index >= 15 is 0 Å². The van der Waals surface area contributed by atoms with Crippen molar-refractivity contribution < 1.29 is 9.18 Å². The summed E-state index contributed by atoms with van der Waals surface area (Å²) in [6, 6.07) is 14.2. The molecule has 0 atom stereocenters. The Morgan fingerprint density at radius 3 is 2.38 bits per heavy atom. The maximum absolute atomic E-state index is 13.3. The van der Waals surface area contributed by atoms with Crippen LogP contribution < -0.4 is 10.2 Å². The highest BCUT2D eigenvalue weighted by molar-refractivity contribution is 6.31. The maximum Gasteiger partial charge on any atom is 0.227 e. The summed E-state index contributed by atoms with van der Waals surface area (Å²) in [7, 11) is 0. The first-order valence-corrected chi connectivity index (χ1v) is 9.86. The number of benzene rings is 2. The minimum atomic E-state index is -0.503. The fourth-order valence-corrected chi connectivity index (χ4v) is 3.60. The maximum atomic E-state index is 13.3. The lowest BCUT2D eigenvalue weighted by Crippen LogP contribution is -2.39. The molecule has 3 aromatic rings. The van der Waals surface area contributed by atoms with Crippen LogP contribution in [-0.4, -0.2) is 29.0 Å². The molecule has 29 heavy (non-hydrogen) atoms. The van der Waals surface area contributed by atoms with Crippen LogP contribution in [0.15, 0.2) is 60.9 Å². The van der Waals surface area contributed by atoms with Crippen molar-refractivity contribution in [3.8, 4) is 11.1 Å². The number of piperidine rings is 1. The number of hydrogen-bond donors (Lipinski definition) is 1. The average Bonchev–Trinajstić information content (AvgIpc) is 2.77. The number of hydrogen-bond acceptors (Lipinski definition) is 4. The van der Waals surface area contributed by atoms with Gasteiger partial charge in [-0.2, -0.15) is 0 Å². The van der Waals surface area contributed by atoms with Gasteiger partial charge in [-0.3, -0.25) is 4.79 Å². The number of halogens is 2. The van der Waals surface area contributed by atoms with Crippen LogP contribution in [0.1, 0.15) is 12.8 Å². The fraction of sp³-hybridized carbons (Fsp3) is 0.227. The Morgan fingerprint density at radius 2 is 1.72 bits per heavy atom. The molecule has 1 fully saturated rings. The molecule has 1 N–H and O–H groups in total. The first-order valence-electron chi connectivity index (χ1n) is 9.48. The van der Waals surface area contributed by atoms with Crippen LogP contribution in [0.2, 0.25) is 5.02 Å². The van der Waals surface area contributed by atoms with Gasteiger partial charge in [0.15, 0.2) is 0 Å². The third-order valence-electron chi connectivity index (χ3n) is 5.08. The molecule has 1 amide bonds. The number of rotatable bonds is 4. The molecule has 5 nitrogen and oxygen atoms in total. The molecule has 1 aliphatic heterocycles. The zero-order valence-corrected chi connectivity index (χ0v) is 16.4. The van der Waals surface area contributed by atoms with Gasteiger partial charge in [0, 0.05) is 42.7 Å². The van der Waals surface area contributed by atoms with E-state index in [1.54, 1.807) is 0 Å². The topological polar surface area (TPSA) is 58.1 Å². The molecule has 0 aliphatic carbocycles. The van der Waals surface area contributed by atoms with E-state index in [0.29, 0.717) is 37.6 Å². The number of nitrogens with zero attached hydrogens (tertiary/aromatic N) is 3. The summed E-state index contributed by atoms with van der Waals surface area (Å²) in [6.45, 7) is 1.40. The minimum absolute atomic E-state index is 0.00582. The van der Waals surface area contributed by atoms with Crippen LogP contribution in [0, 0.1) is 11.7 Å². The van der Waals surface area contributed by atoms with Crippen molar-refractivity contribution in [2.45, 2.75) is 12.8 Å². The number of nitrogens with one attached hydrogen (secondary N) is 1. The van der Waals surface area contributed by atoms with Crippen molar-refractivity contribution in [3.63, 3.8) is 0 Å². The second kappa shape index (κ2) is 8.57. The number of carbonyl (C=O) groups excluding carboxylic acids is 1. The van der Waals surface area contributed by atoms with E-state index in [2.05, 4.69) is 20.2 Å². The normalized spacial score (nSPS) is 14.6. The monoisotopic (exact) mass is 410 g/mol. The van der Waals surface area contributed by atoms with E-state index < -0.39 is 5.82 Å². The van der Waals surface area contributed by atoms with Crippen molar-refractivity contribution in [2.75, 3.05) is 23.3 Å². The number of amides is 1. The third-order valence-corrected chi connectivity index (χ3v) is 5.37. The van der Waals surface area contributed by atoms with Crippen LogP contribution in [0.4, 0.5) is 16.0 Å². The molecule has 0 radical (unpaired) electrons. The van der Waals surface area contributed by atoms with Gasteiger partial charge in [-0.1, -0.05) is 41.9 Å². The Kier molecular flexibility index (Phi) is 5.71. The molecule has 2 heterocycles. The molecule has 1 saturated heterocycles. The van der Waals surface area contributed by atoms with E-state index in [1.807, 2.05) is 42.7 Å². The Balaban J connectivity index is 1.34. The van der Waals surface area contributed by atoms with E-state index in [4.69, 9.17) is 11.6 Å². The van der Waals surface area contributed by atoms with Gasteiger partial charge in [0.05, 0.1) is 5.02 Å². The van der Waals surface area contributed by atoms with Crippen LogP contribution in [0.3, 0.4) is 0 Å². The average molecular weight is 411 g/mol. The van der Waals surface area contributed by atoms with Crippen molar-refractivity contribution in [3.05, 3.63) is 71.8 Å². The van der Waals surface area contributed by atoms with Gasteiger partial charge in [0.1, 0.15) is 5.82 Å². The van der Waals surface area contributed by atoms with Crippen molar-refractivity contribution >= 4 is 29.1 Å². The van der Waals surface area contributed by atoms with Crippen LogP contribution in [-0.2, 0) is 4.79 Å². The quantitative estimate of drug-likeness (QED) is 0.671. The van der Waals surface area contributed by atoms with E-state index in [1.165, 1.54) is 18.2 Å². The zero-order chi connectivity index (χ0) is 20.2. The molecule has 1 aromatic heterocycles. The van der Waals surface area contributed by atoms with Gasteiger partial charge in [0.25, 0.3) is 0 Å². The second-order valence-corrected chi connectivity index (χ2v) is 7.42. The summed E-state index contributed by atoms with van der Waals surface area (Å²) in [5, 5.41) is 2.81. The highest BCUT2D eigenvalue weighted by atomic mass is 35.5. The van der Waals surface area contributed by atoms with Gasteiger partial charge in [-0.15, -0.1) is 0 Å². The molecule has 1 aliphatic rings. The smallest absolute Gasteiger partial charge is 0.227 e. The van der Waals surface area contributed by atoms with Crippen molar-refractivity contribution in [1.82, 2.24) is 9.97 Å². The van der Waals surface area contributed by atoms with Gasteiger partial charge >= 0.3 is 0 Å². The predicted octanol–water partition coefficient (Wildman–Crippen LogP) is 4.79. The lowest BCUT2D eigenvalue weighted by molar-refractivity contribution is -0.120. The number of carbonyl (C=O) groups is 1. The molecular formula is C22H20ClFN4O. The number of aromatic nitrogens is 2. The van der Waals surface area contributed by atoms with Crippen molar-refractivity contribution in [1.29, 1.82) is 0 Å². The third kappa shape index (κ3) is 4.54. The van der Waals surface area contributed by atoms with Gasteiger partial charge in [-0.25, -0.2) is 14.4 Å². The molecule has 0 unspecified atom stereocenters. The molecule has 0 spiro atoms. The zero-order valence-electron chi connectivity index (χ0n) is 15.7.